The van der Waals surface area contributed by atoms with Crippen molar-refractivity contribution in [1.29, 1.82) is 0 Å². The number of benzene rings is 1. The van der Waals surface area contributed by atoms with E-state index in [-0.39, 0.29) is 24.4 Å². The van der Waals surface area contributed by atoms with Crippen LogP contribution in [0.3, 0.4) is 0 Å². The lowest BCUT2D eigenvalue weighted by Crippen LogP contribution is -2.34. The Labute approximate surface area is 98.0 Å². The third-order valence-corrected chi connectivity index (χ3v) is 1.99. The van der Waals surface area contributed by atoms with E-state index in [4.69, 9.17) is 5.73 Å². The van der Waals surface area contributed by atoms with E-state index in [1.807, 2.05) is 0 Å². The highest BCUT2D eigenvalue weighted by Gasteiger charge is 2.18. The van der Waals surface area contributed by atoms with Crippen LogP contribution in [0.2, 0.25) is 0 Å². The molecule has 0 saturated heterocycles. The lowest BCUT2D eigenvalue weighted by atomic mass is 10.1. The van der Waals surface area contributed by atoms with Gasteiger partial charge in [0.05, 0.1) is 7.11 Å². The minimum Gasteiger partial charge on any atom is -0.468 e. The van der Waals surface area contributed by atoms with Crippen molar-refractivity contribution in [3.8, 4) is 0 Å². The molecule has 16 heavy (non-hydrogen) atoms. The Hall–Kier alpha value is -1.20. The second-order valence-corrected chi connectivity index (χ2v) is 3.03. The number of halogens is 3. The Morgan fingerprint density at radius 2 is 1.94 bits per heavy atom. The van der Waals surface area contributed by atoms with Gasteiger partial charge in [-0.2, -0.15) is 0 Å². The average molecular weight is 252 g/mol. The SMILES string of the molecule is COC(=O)[C@@H](N)Cc1c(F)cccc1F.Cl. The maximum absolute atomic E-state index is 13.1. The van der Waals surface area contributed by atoms with Gasteiger partial charge >= 0.3 is 5.97 Å². The Kier molecular flexibility index (Phi) is 5.92. The summed E-state index contributed by atoms with van der Waals surface area (Å²) in [6.07, 6.45) is -0.217. The average Bonchev–Trinajstić information content (AvgIpc) is 2.22. The van der Waals surface area contributed by atoms with E-state index in [0.717, 1.165) is 12.1 Å². The fraction of sp³-hybridized carbons (Fsp3) is 0.300. The summed E-state index contributed by atoms with van der Waals surface area (Å²) in [6.45, 7) is 0. The molecule has 6 heteroatoms. The van der Waals surface area contributed by atoms with Crippen molar-refractivity contribution in [2.24, 2.45) is 5.73 Å². The molecule has 1 atom stereocenters. The van der Waals surface area contributed by atoms with Gasteiger partial charge in [0, 0.05) is 12.0 Å². The number of carbonyl (C=O) groups is 1. The Morgan fingerprint density at radius 3 is 2.38 bits per heavy atom. The number of hydrogen-bond donors (Lipinski definition) is 1. The smallest absolute Gasteiger partial charge is 0.322 e. The van der Waals surface area contributed by atoms with Gasteiger partial charge in [-0.1, -0.05) is 6.07 Å². The normalized spacial score (nSPS) is 11.5. The quantitative estimate of drug-likeness (QED) is 0.827. The van der Waals surface area contributed by atoms with Crippen molar-refractivity contribution in [3.05, 3.63) is 35.4 Å². The van der Waals surface area contributed by atoms with Crippen molar-refractivity contribution >= 4 is 18.4 Å². The van der Waals surface area contributed by atoms with Crippen LogP contribution in [0.25, 0.3) is 0 Å². The van der Waals surface area contributed by atoms with Gasteiger partial charge in [0.15, 0.2) is 0 Å². The minimum absolute atomic E-state index is 0. The maximum Gasteiger partial charge on any atom is 0.322 e. The molecule has 0 heterocycles. The first-order valence-corrected chi connectivity index (χ1v) is 4.32. The largest absolute Gasteiger partial charge is 0.468 e. The molecule has 0 aliphatic rings. The van der Waals surface area contributed by atoms with Gasteiger partial charge in [0.1, 0.15) is 17.7 Å². The monoisotopic (exact) mass is 251 g/mol. The van der Waals surface area contributed by atoms with Crippen LogP contribution < -0.4 is 5.73 Å². The minimum atomic E-state index is -1.05. The molecule has 90 valence electrons. The zero-order valence-corrected chi connectivity index (χ0v) is 9.39. The molecular formula is C10H12ClF2NO2. The standard InChI is InChI=1S/C10H11F2NO2.ClH/c1-15-10(14)9(13)5-6-7(11)3-2-4-8(6)12;/h2-4,9H,5,13H2,1H3;1H/t9-;/m0./s1. The van der Waals surface area contributed by atoms with Crippen LogP contribution in [0.5, 0.6) is 0 Å². The molecular weight excluding hydrogens is 240 g/mol. The van der Waals surface area contributed by atoms with E-state index in [0.29, 0.717) is 0 Å². The van der Waals surface area contributed by atoms with Gasteiger partial charge in [0.25, 0.3) is 0 Å². The lowest BCUT2D eigenvalue weighted by Gasteiger charge is -2.10. The summed E-state index contributed by atoms with van der Waals surface area (Å²) >= 11 is 0. The van der Waals surface area contributed by atoms with Gasteiger partial charge in [0.2, 0.25) is 0 Å². The van der Waals surface area contributed by atoms with Gasteiger partial charge in [-0.05, 0) is 12.1 Å². The van der Waals surface area contributed by atoms with E-state index in [9.17, 15) is 13.6 Å². The van der Waals surface area contributed by atoms with Crippen molar-refractivity contribution in [3.63, 3.8) is 0 Å². The third-order valence-electron chi connectivity index (χ3n) is 1.99. The van der Waals surface area contributed by atoms with E-state index in [1.165, 1.54) is 13.2 Å². The number of nitrogens with two attached hydrogens (primary N) is 1. The topological polar surface area (TPSA) is 52.3 Å². The summed E-state index contributed by atoms with van der Waals surface area (Å²) < 4.78 is 30.6. The van der Waals surface area contributed by atoms with Crippen LogP contribution in [0.1, 0.15) is 5.56 Å². The molecule has 0 aromatic heterocycles. The van der Waals surface area contributed by atoms with Crippen molar-refractivity contribution in [2.45, 2.75) is 12.5 Å². The molecule has 0 saturated carbocycles. The first-order chi connectivity index (χ1) is 7.06. The fourth-order valence-corrected chi connectivity index (χ4v) is 1.18. The molecule has 1 aromatic rings. The molecule has 0 bridgehead atoms. The van der Waals surface area contributed by atoms with E-state index >= 15 is 0 Å². The highest BCUT2D eigenvalue weighted by atomic mass is 35.5. The molecule has 2 N–H and O–H groups in total. The number of hydrogen-bond acceptors (Lipinski definition) is 3. The molecule has 0 radical (unpaired) electrons. The Bertz CT molecular complexity index is 354. The van der Waals surface area contributed by atoms with Gasteiger partial charge < -0.3 is 10.5 Å². The molecule has 0 aliphatic carbocycles. The molecule has 0 amide bonds. The van der Waals surface area contributed by atoms with Crippen molar-refractivity contribution < 1.29 is 18.3 Å². The van der Waals surface area contributed by atoms with Gasteiger partial charge in [-0.3, -0.25) is 4.79 Å². The Balaban J connectivity index is 0.00000225. The van der Waals surface area contributed by atoms with Crippen LogP contribution in [0, 0.1) is 11.6 Å². The van der Waals surface area contributed by atoms with Gasteiger partial charge in [-0.25, -0.2) is 8.78 Å². The molecule has 0 fully saturated rings. The summed E-state index contributed by atoms with van der Waals surface area (Å²) in [6, 6.07) is 2.42. The first kappa shape index (κ1) is 14.8. The fourth-order valence-electron chi connectivity index (χ4n) is 1.18. The summed E-state index contributed by atoms with van der Waals surface area (Å²) in [5.41, 5.74) is 5.19. The summed E-state index contributed by atoms with van der Waals surface area (Å²) in [4.78, 5) is 10.9. The Morgan fingerprint density at radius 1 is 1.44 bits per heavy atom. The third kappa shape index (κ3) is 3.43. The van der Waals surface area contributed by atoms with E-state index < -0.39 is 23.6 Å². The van der Waals surface area contributed by atoms with E-state index in [2.05, 4.69) is 4.74 Å². The predicted octanol–water partition coefficient (Wildman–Crippen LogP) is 1.43. The molecule has 1 rings (SSSR count). The highest BCUT2D eigenvalue weighted by Crippen LogP contribution is 2.13. The number of methoxy groups -OCH3 is 1. The second-order valence-electron chi connectivity index (χ2n) is 3.03. The molecule has 0 unspecified atom stereocenters. The van der Waals surface area contributed by atoms with Crippen molar-refractivity contribution in [1.82, 2.24) is 0 Å². The number of esters is 1. The maximum atomic E-state index is 13.1. The number of carbonyl (C=O) groups excluding carboxylic acids is 1. The predicted molar refractivity (Wildman–Crippen MR) is 57.3 cm³/mol. The molecule has 3 nitrogen and oxygen atoms in total. The lowest BCUT2D eigenvalue weighted by molar-refractivity contribution is -0.142. The van der Waals surface area contributed by atoms with Crippen LogP contribution in [0.4, 0.5) is 8.78 Å². The zero-order valence-electron chi connectivity index (χ0n) is 8.57. The summed E-state index contributed by atoms with van der Waals surface area (Å²) in [7, 11) is 1.17. The van der Waals surface area contributed by atoms with Crippen LogP contribution in [-0.4, -0.2) is 19.1 Å². The van der Waals surface area contributed by atoms with Crippen LogP contribution >= 0.6 is 12.4 Å². The number of ether oxygens (including phenoxy) is 1. The van der Waals surface area contributed by atoms with E-state index in [1.54, 1.807) is 0 Å². The van der Waals surface area contributed by atoms with Gasteiger partial charge in [-0.15, -0.1) is 12.4 Å². The molecule has 0 aliphatic heterocycles. The zero-order chi connectivity index (χ0) is 11.4. The summed E-state index contributed by atoms with van der Waals surface area (Å²) in [5, 5.41) is 0. The van der Waals surface area contributed by atoms with Crippen LogP contribution in [0.15, 0.2) is 18.2 Å². The highest BCUT2D eigenvalue weighted by molar-refractivity contribution is 5.85. The van der Waals surface area contributed by atoms with Crippen LogP contribution in [-0.2, 0) is 16.0 Å². The molecule has 0 spiro atoms. The number of rotatable bonds is 3. The first-order valence-electron chi connectivity index (χ1n) is 4.32. The van der Waals surface area contributed by atoms with Crippen molar-refractivity contribution in [2.75, 3.05) is 7.11 Å². The summed E-state index contributed by atoms with van der Waals surface area (Å²) in [5.74, 6) is -2.12. The molecule has 1 aromatic carbocycles. The second kappa shape index (κ2) is 6.40.